The van der Waals surface area contributed by atoms with Crippen molar-refractivity contribution in [3.05, 3.63) is 46.3 Å². The topological polar surface area (TPSA) is 114 Å². The largest absolute Gasteiger partial charge is 0.444 e. The smallest absolute Gasteiger partial charge is 0.420 e. The summed E-state index contributed by atoms with van der Waals surface area (Å²) in [5.74, 6) is -2.78. The molecule has 194 valence electrons. The Morgan fingerprint density at radius 1 is 1.17 bits per heavy atom. The average molecular weight is 572 g/mol. The van der Waals surface area contributed by atoms with Gasteiger partial charge in [0.05, 0.1) is 17.8 Å². The summed E-state index contributed by atoms with van der Waals surface area (Å²) in [7, 11) is 0. The number of pyridine rings is 2. The van der Waals surface area contributed by atoms with Gasteiger partial charge in [0.2, 0.25) is 5.91 Å². The average Bonchev–Trinajstić information content (AvgIpc) is 2.78. The van der Waals surface area contributed by atoms with E-state index in [1.807, 2.05) is 0 Å². The van der Waals surface area contributed by atoms with Crippen LogP contribution in [0.15, 0.2) is 35.1 Å². The number of amides is 3. The number of piperidine rings is 1. The highest BCUT2D eigenvalue weighted by molar-refractivity contribution is 9.10. The van der Waals surface area contributed by atoms with E-state index in [1.54, 1.807) is 26.8 Å². The van der Waals surface area contributed by atoms with Gasteiger partial charge < -0.3 is 20.3 Å². The molecule has 3 heterocycles. The second kappa shape index (κ2) is 10.8. The summed E-state index contributed by atoms with van der Waals surface area (Å²) in [6.45, 7) is 5.68. The van der Waals surface area contributed by atoms with Gasteiger partial charge in [-0.1, -0.05) is 6.07 Å². The molecule has 3 rings (SSSR count). The molecule has 1 aliphatic heterocycles. The number of anilines is 2. The lowest BCUT2D eigenvalue weighted by atomic mass is 9.97. The molecule has 0 radical (unpaired) electrons. The molecule has 1 fully saturated rings. The number of hydrogen-bond acceptors (Lipinski definition) is 6. The van der Waals surface area contributed by atoms with Crippen LogP contribution in [0.5, 0.6) is 0 Å². The van der Waals surface area contributed by atoms with E-state index < -0.39 is 47.0 Å². The second-order valence-corrected chi connectivity index (χ2v) is 9.98. The minimum absolute atomic E-state index is 0.0775. The molecule has 0 saturated carbocycles. The van der Waals surface area contributed by atoms with Gasteiger partial charge in [0.1, 0.15) is 27.3 Å². The van der Waals surface area contributed by atoms with Crippen molar-refractivity contribution in [1.29, 1.82) is 0 Å². The summed E-state index contributed by atoms with van der Waals surface area (Å²) in [4.78, 5) is 46.5. The molecule has 0 spiro atoms. The molecule has 2 N–H and O–H groups in total. The summed E-state index contributed by atoms with van der Waals surface area (Å²) in [6, 6.07) is 5.11. The third-order valence-electron chi connectivity index (χ3n) is 5.08. The van der Waals surface area contributed by atoms with Crippen LogP contribution in [0, 0.1) is 5.92 Å². The number of likely N-dealkylation sites (tertiary alicyclic amines) is 1. The highest BCUT2D eigenvalue weighted by atomic mass is 79.9. The molecule has 0 bridgehead atoms. The van der Waals surface area contributed by atoms with Crippen LogP contribution in [0.3, 0.4) is 0 Å². The normalized spacial score (nSPS) is 16.3. The lowest BCUT2D eigenvalue weighted by Gasteiger charge is -2.33. The van der Waals surface area contributed by atoms with Crippen molar-refractivity contribution in [3.8, 4) is 0 Å². The van der Waals surface area contributed by atoms with Crippen LogP contribution in [-0.2, 0) is 15.7 Å². The number of halogens is 4. The Kier molecular flexibility index (Phi) is 8.22. The zero-order chi connectivity index (χ0) is 26.7. The summed E-state index contributed by atoms with van der Waals surface area (Å²) in [6.07, 6.45) is -3.40. The van der Waals surface area contributed by atoms with E-state index in [9.17, 15) is 27.6 Å². The summed E-state index contributed by atoms with van der Waals surface area (Å²) in [5.41, 5.74) is -2.23. The second-order valence-electron chi connectivity index (χ2n) is 9.17. The number of nitrogens with zero attached hydrogens (tertiary/aromatic N) is 3. The van der Waals surface area contributed by atoms with Crippen LogP contribution >= 0.6 is 15.9 Å². The highest BCUT2D eigenvalue weighted by Gasteiger charge is 2.36. The first-order chi connectivity index (χ1) is 16.7. The molecule has 1 atom stereocenters. The van der Waals surface area contributed by atoms with E-state index >= 15 is 0 Å². The minimum Gasteiger partial charge on any atom is -0.444 e. The van der Waals surface area contributed by atoms with E-state index in [4.69, 9.17) is 4.74 Å². The maximum atomic E-state index is 13.7. The molecule has 1 aliphatic rings. The summed E-state index contributed by atoms with van der Waals surface area (Å²) < 4.78 is 46.9. The molecule has 9 nitrogen and oxygen atoms in total. The molecule has 2 aromatic rings. The molecular formula is C23H25BrF3N5O4. The standard InChI is InChI=1S/C23H25BrF3N5O4/c1-22(2,3)36-21(35)32-9-5-6-13(12-32)19(33)29-14-10-15(23(25,26)27)18(28-11-14)31-20(34)16-7-4-8-17(24)30-16/h4,7-8,10-11,13H,5-6,9,12H2,1-3H3,(H,29,33)(H,28,31,34)/t13-/m0/s1. The van der Waals surface area contributed by atoms with E-state index in [0.29, 0.717) is 30.1 Å². The Labute approximate surface area is 213 Å². The van der Waals surface area contributed by atoms with Crippen LogP contribution in [0.4, 0.5) is 29.5 Å². The van der Waals surface area contributed by atoms with E-state index in [0.717, 1.165) is 6.20 Å². The number of hydrogen-bond donors (Lipinski definition) is 2. The minimum atomic E-state index is -4.86. The fourth-order valence-corrected chi connectivity index (χ4v) is 3.83. The number of rotatable bonds is 4. The molecule has 0 aromatic carbocycles. The van der Waals surface area contributed by atoms with Crippen molar-refractivity contribution in [2.45, 2.75) is 45.4 Å². The van der Waals surface area contributed by atoms with E-state index in [-0.39, 0.29) is 17.9 Å². The Morgan fingerprint density at radius 2 is 1.89 bits per heavy atom. The predicted octanol–water partition coefficient (Wildman–Crippen LogP) is 5.10. The third kappa shape index (κ3) is 7.39. The van der Waals surface area contributed by atoms with Crippen LogP contribution < -0.4 is 10.6 Å². The molecule has 0 aliphatic carbocycles. The van der Waals surface area contributed by atoms with Crippen molar-refractivity contribution >= 4 is 45.3 Å². The lowest BCUT2D eigenvalue weighted by Crippen LogP contribution is -2.45. The van der Waals surface area contributed by atoms with Crippen LogP contribution in [-0.4, -0.2) is 51.5 Å². The lowest BCUT2D eigenvalue weighted by molar-refractivity contribution is -0.137. The summed E-state index contributed by atoms with van der Waals surface area (Å²) >= 11 is 3.10. The quantitative estimate of drug-likeness (QED) is 0.494. The van der Waals surface area contributed by atoms with Gasteiger partial charge in [-0.15, -0.1) is 0 Å². The van der Waals surface area contributed by atoms with Gasteiger partial charge in [-0.05, 0) is 67.7 Å². The van der Waals surface area contributed by atoms with Crippen LogP contribution in [0.2, 0.25) is 0 Å². The van der Waals surface area contributed by atoms with Gasteiger partial charge in [-0.2, -0.15) is 13.2 Å². The fourth-order valence-electron chi connectivity index (χ4n) is 3.48. The Hall–Kier alpha value is -3.22. The first-order valence-corrected chi connectivity index (χ1v) is 11.8. The number of ether oxygens (including phenoxy) is 1. The van der Waals surface area contributed by atoms with Crippen molar-refractivity contribution < 1.29 is 32.3 Å². The first kappa shape index (κ1) is 27.4. The van der Waals surface area contributed by atoms with Gasteiger partial charge in [0.15, 0.2) is 0 Å². The van der Waals surface area contributed by atoms with Gasteiger partial charge in [-0.3, -0.25) is 9.59 Å². The van der Waals surface area contributed by atoms with Gasteiger partial charge in [0, 0.05) is 13.1 Å². The maximum absolute atomic E-state index is 13.7. The summed E-state index contributed by atoms with van der Waals surface area (Å²) in [5, 5.41) is 4.56. The first-order valence-electron chi connectivity index (χ1n) is 11.0. The Bertz CT molecular complexity index is 1150. The molecule has 36 heavy (non-hydrogen) atoms. The monoisotopic (exact) mass is 571 g/mol. The zero-order valence-electron chi connectivity index (χ0n) is 19.8. The van der Waals surface area contributed by atoms with Crippen LogP contribution in [0.1, 0.15) is 49.7 Å². The predicted molar refractivity (Wildman–Crippen MR) is 128 cm³/mol. The van der Waals surface area contributed by atoms with Gasteiger partial charge >= 0.3 is 12.3 Å². The number of aromatic nitrogens is 2. The van der Waals surface area contributed by atoms with Crippen LogP contribution in [0.25, 0.3) is 0 Å². The maximum Gasteiger partial charge on any atom is 0.420 e. The van der Waals surface area contributed by atoms with Crippen molar-refractivity contribution in [3.63, 3.8) is 0 Å². The van der Waals surface area contributed by atoms with Gasteiger partial charge in [0.25, 0.3) is 5.91 Å². The fraction of sp³-hybridized carbons (Fsp3) is 0.435. The van der Waals surface area contributed by atoms with Gasteiger partial charge in [-0.25, -0.2) is 14.8 Å². The molecule has 1 saturated heterocycles. The molecule has 0 unspecified atom stereocenters. The molecular weight excluding hydrogens is 547 g/mol. The molecule has 13 heteroatoms. The van der Waals surface area contributed by atoms with Crippen molar-refractivity contribution in [2.24, 2.45) is 5.92 Å². The van der Waals surface area contributed by atoms with Crippen molar-refractivity contribution in [2.75, 3.05) is 23.7 Å². The molecule has 3 amide bonds. The van der Waals surface area contributed by atoms with Crippen molar-refractivity contribution in [1.82, 2.24) is 14.9 Å². The number of carbonyl (C=O) groups excluding carboxylic acids is 3. The van der Waals surface area contributed by atoms with E-state index in [1.165, 1.54) is 17.0 Å². The highest BCUT2D eigenvalue weighted by Crippen LogP contribution is 2.35. The Morgan fingerprint density at radius 3 is 2.53 bits per heavy atom. The SMILES string of the molecule is CC(C)(C)OC(=O)N1CCC[C@H](C(=O)Nc2cnc(NC(=O)c3cccc(Br)n3)c(C(F)(F)F)c2)C1. The number of carbonyl (C=O) groups is 3. The molecule has 2 aromatic heterocycles. The van der Waals surface area contributed by atoms with E-state index in [2.05, 4.69) is 36.5 Å². The Balaban J connectivity index is 1.73. The zero-order valence-corrected chi connectivity index (χ0v) is 21.4. The third-order valence-corrected chi connectivity index (χ3v) is 5.53. The number of alkyl halides is 3. The number of nitrogens with one attached hydrogen (secondary N) is 2.